The lowest BCUT2D eigenvalue weighted by molar-refractivity contribution is -0.182. The van der Waals surface area contributed by atoms with Gasteiger partial charge in [-0.15, -0.1) is 0 Å². The first kappa shape index (κ1) is 16.5. The van der Waals surface area contributed by atoms with Crippen LogP contribution in [0.2, 0.25) is 18.1 Å². The minimum Gasteiger partial charge on any atom is -0.593 e. The molecule has 1 saturated heterocycles. The highest BCUT2D eigenvalue weighted by atomic mass is 32.2. The largest absolute Gasteiger partial charge is 0.593 e. The summed E-state index contributed by atoms with van der Waals surface area (Å²) in [5, 5.41) is 10.3. The highest BCUT2D eigenvalue weighted by Crippen LogP contribution is 2.38. The molecule has 4 nitrogen and oxygen atoms in total. The van der Waals surface area contributed by atoms with Crippen molar-refractivity contribution < 1.29 is 14.4 Å². The van der Waals surface area contributed by atoms with Gasteiger partial charge in [-0.3, -0.25) is 0 Å². The van der Waals surface area contributed by atoms with Crippen molar-refractivity contribution in [3.63, 3.8) is 0 Å². The van der Waals surface area contributed by atoms with Crippen LogP contribution >= 0.6 is 11.3 Å². The van der Waals surface area contributed by atoms with Crippen LogP contribution in [0.3, 0.4) is 0 Å². The topological polar surface area (TPSA) is 64.5 Å². The fraction of sp³-hybridized carbons (Fsp3) is 0.692. The van der Waals surface area contributed by atoms with Crippen molar-refractivity contribution >= 4 is 30.9 Å². The van der Waals surface area contributed by atoms with E-state index in [4.69, 9.17) is 4.74 Å². The molecule has 1 aromatic rings. The van der Waals surface area contributed by atoms with Crippen LogP contribution in [-0.2, 0) is 21.7 Å². The van der Waals surface area contributed by atoms with Crippen LogP contribution < -0.4 is 4.39 Å². The molecule has 1 unspecified atom stereocenters. The second kappa shape index (κ2) is 5.39. The Morgan fingerprint density at radius 1 is 1.40 bits per heavy atom. The first-order valence-corrected chi connectivity index (χ1v) is 11.6. The van der Waals surface area contributed by atoms with Crippen LogP contribution in [0.4, 0.5) is 0 Å². The summed E-state index contributed by atoms with van der Waals surface area (Å²) in [6.45, 7) is 11.6. The van der Waals surface area contributed by atoms with Gasteiger partial charge in [-0.05, 0) is 11.1 Å². The first-order valence-electron chi connectivity index (χ1n) is 6.65. The molecule has 2 N–H and O–H groups in total. The molecule has 0 spiro atoms. The Labute approximate surface area is 128 Å². The number of aliphatic hydroxyl groups is 1. The van der Waals surface area contributed by atoms with E-state index in [2.05, 4.69) is 38.3 Å². The molecular formula is C13H23NO3S2Si. The molecular weight excluding hydrogens is 310 g/mol. The van der Waals surface area contributed by atoms with E-state index in [1.165, 1.54) is 11.3 Å². The van der Waals surface area contributed by atoms with Crippen LogP contribution in [0.25, 0.3) is 0 Å². The van der Waals surface area contributed by atoms with Gasteiger partial charge in [0.25, 0.3) is 0 Å². The van der Waals surface area contributed by atoms with Gasteiger partial charge >= 0.3 is 0 Å². The predicted octanol–water partition coefficient (Wildman–Crippen LogP) is 2.58. The molecule has 1 aliphatic rings. The zero-order valence-electron chi connectivity index (χ0n) is 12.6. The Morgan fingerprint density at radius 3 is 2.45 bits per heavy atom. The molecule has 114 valence electrons. The van der Waals surface area contributed by atoms with Gasteiger partial charge in [0, 0.05) is 10.9 Å². The normalized spacial score (nSPS) is 20.6. The summed E-state index contributed by atoms with van der Waals surface area (Å²) in [4.78, 5) is 0.837. The van der Waals surface area contributed by atoms with Crippen molar-refractivity contribution in [1.82, 2.24) is 4.39 Å². The molecule has 1 atom stereocenters. The molecule has 20 heavy (non-hydrogen) atoms. The lowest BCUT2D eigenvalue weighted by atomic mass is 10.0. The lowest BCUT2D eigenvalue weighted by Gasteiger charge is -2.36. The summed E-state index contributed by atoms with van der Waals surface area (Å²) in [5.74, 6) is 0. The molecule has 1 aliphatic heterocycles. The lowest BCUT2D eigenvalue weighted by Crippen LogP contribution is -2.54. The van der Waals surface area contributed by atoms with E-state index in [9.17, 15) is 9.66 Å². The smallest absolute Gasteiger partial charge is 0.227 e. The Balaban J connectivity index is 2.09. The number of rotatable bonds is 4. The summed E-state index contributed by atoms with van der Waals surface area (Å²) in [6.07, 6.45) is 0. The van der Waals surface area contributed by atoms with Crippen molar-refractivity contribution in [1.29, 1.82) is 0 Å². The Bertz CT molecular complexity index is 480. The van der Waals surface area contributed by atoms with Gasteiger partial charge in [0.15, 0.2) is 8.24 Å². The maximum atomic E-state index is 12.5. The fourth-order valence-electron chi connectivity index (χ4n) is 1.54. The standard InChI is InChI=1S/C13H23NO3S2Si/c1-12(2,3)20(4,5)14-19(16)11-7-6-10(18-11)13(15)8-17-9-13/h6-7,14-15H,8-9H2,1-5H3. The molecule has 0 radical (unpaired) electrons. The minimum atomic E-state index is -1.81. The third-order valence-electron chi connectivity index (χ3n) is 4.13. The summed E-state index contributed by atoms with van der Waals surface area (Å²) in [7, 11) is -1.81. The predicted molar refractivity (Wildman–Crippen MR) is 85.8 cm³/mol. The van der Waals surface area contributed by atoms with Gasteiger partial charge in [-0.1, -0.05) is 45.2 Å². The third-order valence-corrected chi connectivity index (χ3v) is 12.9. The summed E-state index contributed by atoms with van der Waals surface area (Å²) < 4.78 is 21.6. The molecule has 7 heteroatoms. The SMILES string of the molecule is CC(C)(C)[Si](C)(C)N[S+]([O-])c1ccc(C2(O)COC2)s1. The monoisotopic (exact) mass is 333 g/mol. The van der Waals surface area contributed by atoms with E-state index in [-0.39, 0.29) is 5.04 Å². The second-order valence-electron chi connectivity index (χ2n) is 6.89. The van der Waals surface area contributed by atoms with Gasteiger partial charge in [0.2, 0.25) is 4.21 Å². The average Bonchev–Trinajstić information content (AvgIpc) is 2.73. The van der Waals surface area contributed by atoms with Crippen molar-refractivity contribution in [3.8, 4) is 0 Å². The first-order chi connectivity index (χ1) is 9.05. The van der Waals surface area contributed by atoms with E-state index in [1.807, 2.05) is 12.1 Å². The van der Waals surface area contributed by atoms with E-state index < -0.39 is 25.2 Å². The zero-order valence-corrected chi connectivity index (χ0v) is 15.3. The van der Waals surface area contributed by atoms with Crippen LogP contribution in [-0.4, -0.2) is 31.1 Å². The summed E-state index contributed by atoms with van der Waals surface area (Å²) >= 11 is 0.192. The van der Waals surface area contributed by atoms with E-state index in [0.29, 0.717) is 13.2 Å². The number of hydrogen-bond donors (Lipinski definition) is 2. The average molecular weight is 334 g/mol. The van der Waals surface area contributed by atoms with Gasteiger partial charge in [-0.25, -0.2) is 0 Å². The highest BCUT2D eigenvalue weighted by molar-refractivity contribution is 7.93. The molecule has 1 fully saturated rings. The van der Waals surface area contributed by atoms with Crippen LogP contribution in [0.5, 0.6) is 0 Å². The molecule has 1 aromatic heterocycles. The maximum absolute atomic E-state index is 12.5. The van der Waals surface area contributed by atoms with Crippen LogP contribution in [0, 0.1) is 0 Å². The Morgan fingerprint density at radius 2 is 2.00 bits per heavy atom. The molecule has 0 amide bonds. The van der Waals surface area contributed by atoms with Gasteiger partial charge < -0.3 is 14.4 Å². The van der Waals surface area contributed by atoms with Crippen molar-refractivity contribution in [2.24, 2.45) is 0 Å². The maximum Gasteiger partial charge on any atom is 0.227 e. The summed E-state index contributed by atoms with van der Waals surface area (Å²) in [6, 6.07) is 3.69. The molecule has 0 aromatic carbocycles. The van der Waals surface area contributed by atoms with Crippen LogP contribution in [0.15, 0.2) is 16.3 Å². The molecule has 2 heterocycles. The fourth-order valence-corrected chi connectivity index (χ4v) is 6.96. The van der Waals surface area contributed by atoms with E-state index in [1.54, 1.807) is 0 Å². The molecule has 0 aliphatic carbocycles. The zero-order chi connectivity index (χ0) is 15.2. The van der Waals surface area contributed by atoms with Gasteiger partial charge in [-0.2, -0.15) is 4.39 Å². The molecule has 0 bridgehead atoms. The number of thiophene rings is 1. The Kier molecular flexibility index (Phi) is 4.44. The van der Waals surface area contributed by atoms with Gasteiger partial charge in [0.1, 0.15) is 5.60 Å². The van der Waals surface area contributed by atoms with E-state index >= 15 is 0 Å². The van der Waals surface area contributed by atoms with Crippen molar-refractivity contribution in [2.45, 2.75) is 48.7 Å². The van der Waals surface area contributed by atoms with Crippen molar-refractivity contribution in [2.75, 3.05) is 13.2 Å². The minimum absolute atomic E-state index is 0.128. The Hall–Kier alpha value is 0.107. The number of hydrogen-bond acceptors (Lipinski definition) is 5. The highest BCUT2D eigenvalue weighted by Gasteiger charge is 2.42. The van der Waals surface area contributed by atoms with Crippen LogP contribution in [0.1, 0.15) is 25.6 Å². The molecule has 0 saturated carbocycles. The molecule has 2 rings (SSSR count). The van der Waals surface area contributed by atoms with E-state index in [0.717, 1.165) is 9.09 Å². The summed E-state index contributed by atoms with van der Waals surface area (Å²) in [5.41, 5.74) is -0.871. The number of ether oxygens (including phenoxy) is 1. The number of nitrogens with one attached hydrogen (secondary N) is 1. The van der Waals surface area contributed by atoms with Crippen molar-refractivity contribution in [3.05, 3.63) is 17.0 Å². The van der Waals surface area contributed by atoms with Gasteiger partial charge in [0.05, 0.1) is 24.6 Å². The second-order valence-corrected chi connectivity index (χ2v) is 14.8. The third kappa shape index (κ3) is 3.14. The quantitative estimate of drug-likeness (QED) is 0.656.